The summed E-state index contributed by atoms with van der Waals surface area (Å²) in [7, 11) is -3.62. The van der Waals surface area contributed by atoms with Gasteiger partial charge in [0.25, 0.3) is 10.0 Å². The van der Waals surface area contributed by atoms with Crippen LogP contribution in [0.25, 0.3) is 10.8 Å². The third kappa shape index (κ3) is 2.70. The molecule has 0 heterocycles. The van der Waals surface area contributed by atoms with E-state index in [9.17, 15) is 8.42 Å². The van der Waals surface area contributed by atoms with Gasteiger partial charge in [-0.3, -0.25) is 4.72 Å². The van der Waals surface area contributed by atoms with Crippen molar-refractivity contribution in [2.24, 2.45) is 0 Å². The van der Waals surface area contributed by atoms with Crippen LogP contribution in [-0.2, 0) is 16.4 Å². The largest absolute Gasteiger partial charge is 0.279 e. The summed E-state index contributed by atoms with van der Waals surface area (Å²) >= 11 is 0. The molecule has 0 amide bonds. The molecule has 22 heavy (non-hydrogen) atoms. The normalized spacial score (nSPS) is 11.5. The lowest BCUT2D eigenvalue weighted by molar-refractivity contribution is 0.602. The zero-order valence-electron chi connectivity index (χ0n) is 12.3. The number of aryl methyl sites for hydroxylation is 1. The topological polar surface area (TPSA) is 46.2 Å². The summed E-state index contributed by atoms with van der Waals surface area (Å²) in [5.74, 6) is 0. The van der Waals surface area contributed by atoms with Crippen LogP contribution in [0.2, 0.25) is 0 Å². The highest BCUT2D eigenvalue weighted by Crippen LogP contribution is 2.26. The Labute approximate surface area is 130 Å². The quantitative estimate of drug-likeness (QED) is 0.785. The second kappa shape index (κ2) is 5.81. The molecule has 3 aromatic carbocycles. The van der Waals surface area contributed by atoms with Crippen molar-refractivity contribution in [1.29, 1.82) is 0 Å². The van der Waals surface area contributed by atoms with Gasteiger partial charge in [-0.1, -0.05) is 61.5 Å². The summed E-state index contributed by atoms with van der Waals surface area (Å²) in [6.45, 7) is 2.01. The monoisotopic (exact) mass is 311 g/mol. The van der Waals surface area contributed by atoms with E-state index >= 15 is 0 Å². The van der Waals surface area contributed by atoms with Gasteiger partial charge in [0.05, 0.1) is 10.6 Å². The van der Waals surface area contributed by atoms with Crippen molar-refractivity contribution >= 4 is 26.5 Å². The van der Waals surface area contributed by atoms with Gasteiger partial charge in [-0.2, -0.15) is 0 Å². The highest BCUT2D eigenvalue weighted by molar-refractivity contribution is 7.93. The second-order valence-corrected chi connectivity index (χ2v) is 6.74. The molecule has 4 heteroatoms. The molecule has 3 nitrogen and oxygen atoms in total. The van der Waals surface area contributed by atoms with E-state index in [2.05, 4.69) is 4.72 Å². The molecule has 0 spiro atoms. The minimum Gasteiger partial charge on any atom is -0.279 e. The van der Waals surface area contributed by atoms with Gasteiger partial charge in [0, 0.05) is 5.39 Å². The van der Waals surface area contributed by atoms with Crippen LogP contribution >= 0.6 is 0 Å². The molecule has 0 saturated carbocycles. The van der Waals surface area contributed by atoms with Gasteiger partial charge in [0.1, 0.15) is 0 Å². The maximum absolute atomic E-state index is 12.8. The van der Waals surface area contributed by atoms with Crippen LogP contribution in [0.4, 0.5) is 5.69 Å². The van der Waals surface area contributed by atoms with Crippen LogP contribution in [0.5, 0.6) is 0 Å². The lowest BCUT2D eigenvalue weighted by Gasteiger charge is -2.13. The molecule has 0 aliphatic rings. The molecule has 0 bridgehead atoms. The van der Waals surface area contributed by atoms with Crippen LogP contribution in [-0.4, -0.2) is 8.42 Å². The molecule has 0 aliphatic heterocycles. The van der Waals surface area contributed by atoms with Crippen molar-refractivity contribution in [3.63, 3.8) is 0 Å². The van der Waals surface area contributed by atoms with Gasteiger partial charge < -0.3 is 0 Å². The van der Waals surface area contributed by atoms with E-state index in [1.807, 2.05) is 55.5 Å². The average Bonchev–Trinajstić information content (AvgIpc) is 2.54. The highest BCUT2D eigenvalue weighted by atomic mass is 32.2. The Kier molecular flexibility index (Phi) is 3.86. The van der Waals surface area contributed by atoms with E-state index in [0.717, 1.165) is 22.8 Å². The predicted molar refractivity (Wildman–Crippen MR) is 90.6 cm³/mol. The van der Waals surface area contributed by atoms with Crippen LogP contribution in [0.1, 0.15) is 12.5 Å². The molecule has 0 unspecified atom stereocenters. The van der Waals surface area contributed by atoms with E-state index in [1.165, 1.54) is 0 Å². The number of sulfonamides is 1. The zero-order chi connectivity index (χ0) is 15.6. The van der Waals surface area contributed by atoms with Crippen molar-refractivity contribution in [3.8, 4) is 0 Å². The fourth-order valence-electron chi connectivity index (χ4n) is 2.56. The number of hydrogen-bond acceptors (Lipinski definition) is 2. The molecular weight excluding hydrogens is 294 g/mol. The fraction of sp³-hybridized carbons (Fsp3) is 0.111. The van der Waals surface area contributed by atoms with Gasteiger partial charge in [0.15, 0.2) is 0 Å². The number of nitrogens with one attached hydrogen (secondary N) is 1. The molecule has 3 rings (SSSR count). The molecule has 3 aromatic rings. The van der Waals surface area contributed by atoms with Crippen LogP contribution in [0.3, 0.4) is 0 Å². The Bertz CT molecular complexity index is 912. The van der Waals surface area contributed by atoms with Crippen molar-refractivity contribution in [2.45, 2.75) is 18.2 Å². The average molecular weight is 311 g/mol. The zero-order valence-corrected chi connectivity index (χ0v) is 13.1. The predicted octanol–water partition coefficient (Wildman–Crippen LogP) is 4.20. The number of hydrogen-bond donors (Lipinski definition) is 1. The maximum atomic E-state index is 12.8. The first-order valence-corrected chi connectivity index (χ1v) is 8.68. The highest BCUT2D eigenvalue weighted by Gasteiger charge is 2.18. The molecule has 1 N–H and O–H groups in total. The second-order valence-electron chi connectivity index (χ2n) is 5.09. The van der Waals surface area contributed by atoms with Crippen molar-refractivity contribution in [3.05, 3.63) is 72.3 Å². The van der Waals surface area contributed by atoms with E-state index in [1.54, 1.807) is 18.2 Å². The number of para-hydroxylation sites is 1. The summed E-state index contributed by atoms with van der Waals surface area (Å²) < 4.78 is 28.3. The van der Waals surface area contributed by atoms with Gasteiger partial charge in [-0.05, 0) is 29.5 Å². The van der Waals surface area contributed by atoms with Gasteiger partial charge >= 0.3 is 0 Å². The van der Waals surface area contributed by atoms with Crippen molar-refractivity contribution < 1.29 is 8.42 Å². The maximum Gasteiger partial charge on any atom is 0.262 e. The van der Waals surface area contributed by atoms with Gasteiger partial charge in [-0.15, -0.1) is 0 Å². The Hall–Kier alpha value is -2.33. The SMILES string of the molecule is CCc1ccccc1NS(=O)(=O)c1cccc2ccccc12. The first-order chi connectivity index (χ1) is 10.6. The van der Waals surface area contributed by atoms with E-state index in [0.29, 0.717) is 10.6 Å². The van der Waals surface area contributed by atoms with E-state index < -0.39 is 10.0 Å². The summed E-state index contributed by atoms with van der Waals surface area (Å²) in [6.07, 6.45) is 0.772. The van der Waals surface area contributed by atoms with Crippen LogP contribution in [0, 0.1) is 0 Å². The van der Waals surface area contributed by atoms with Crippen molar-refractivity contribution in [2.75, 3.05) is 4.72 Å². The number of benzene rings is 3. The van der Waals surface area contributed by atoms with Crippen LogP contribution in [0.15, 0.2) is 71.6 Å². The summed E-state index contributed by atoms with van der Waals surface area (Å²) in [4.78, 5) is 0.302. The Balaban J connectivity index is 2.09. The molecule has 0 fully saturated rings. The number of fused-ring (bicyclic) bond motifs is 1. The molecule has 0 saturated heterocycles. The van der Waals surface area contributed by atoms with E-state index in [-0.39, 0.29) is 0 Å². The molecule has 0 atom stereocenters. The van der Waals surface area contributed by atoms with E-state index in [4.69, 9.17) is 0 Å². The smallest absolute Gasteiger partial charge is 0.262 e. The number of anilines is 1. The Morgan fingerprint density at radius 3 is 2.36 bits per heavy atom. The van der Waals surface area contributed by atoms with Gasteiger partial charge in [0.2, 0.25) is 0 Å². The Morgan fingerprint density at radius 2 is 1.55 bits per heavy atom. The Morgan fingerprint density at radius 1 is 0.864 bits per heavy atom. The molecule has 0 aromatic heterocycles. The molecule has 0 aliphatic carbocycles. The summed E-state index contributed by atoms with van der Waals surface area (Å²) in [6, 6.07) is 20.3. The minimum absolute atomic E-state index is 0.302. The first-order valence-electron chi connectivity index (χ1n) is 7.20. The fourth-order valence-corrected chi connectivity index (χ4v) is 3.89. The third-order valence-corrected chi connectivity index (χ3v) is 5.11. The van der Waals surface area contributed by atoms with Crippen LogP contribution < -0.4 is 4.72 Å². The summed E-state index contributed by atoms with van der Waals surface area (Å²) in [5.41, 5.74) is 1.62. The summed E-state index contributed by atoms with van der Waals surface area (Å²) in [5, 5.41) is 1.64. The molecular formula is C18H17NO2S. The van der Waals surface area contributed by atoms with Crippen molar-refractivity contribution in [1.82, 2.24) is 0 Å². The molecule has 0 radical (unpaired) electrons. The number of rotatable bonds is 4. The third-order valence-electron chi connectivity index (χ3n) is 3.68. The molecule has 112 valence electrons. The lowest BCUT2D eigenvalue weighted by atomic mass is 10.1. The minimum atomic E-state index is -3.62. The van der Waals surface area contributed by atoms with Gasteiger partial charge in [-0.25, -0.2) is 8.42 Å². The lowest BCUT2D eigenvalue weighted by Crippen LogP contribution is -2.14. The standard InChI is InChI=1S/C18H17NO2S/c1-2-14-8-4-6-12-17(14)19-22(20,21)18-13-7-10-15-9-3-5-11-16(15)18/h3-13,19H,2H2,1H3. The first kappa shape index (κ1) is 14.6.